The van der Waals surface area contributed by atoms with Crippen LogP contribution < -0.4 is 5.32 Å². The van der Waals surface area contributed by atoms with Gasteiger partial charge in [0, 0.05) is 12.1 Å². The molecule has 1 aromatic rings. The Labute approximate surface area is 85.1 Å². The predicted molar refractivity (Wildman–Crippen MR) is 56.6 cm³/mol. The third-order valence-electron chi connectivity index (χ3n) is 1.98. The fourth-order valence-corrected chi connectivity index (χ4v) is 1.31. The lowest BCUT2D eigenvalue weighted by Gasteiger charge is -2.12. The summed E-state index contributed by atoms with van der Waals surface area (Å²) in [6.07, 6.45) is 6.93. The van der Waals surface area contributed by atoms with Crippen molar-refractivity contribution < 1.29 is 4.42 Å². The SMILES string of the molecule is C#CCN(C)Cc1occc1CNC. The predicted octanol–water partition coefficient (Wildman–Crippen LogP) is 1.06. The summed E-state index contributed by atoms with van der Waals surface area (Å²) in [5.41, 5.74) is 1.19. The molecule has 0 spiro atoms. The molecule has 0 aliphatic heterocycles. The van der Waals surface area contributed by atoms with E-state index in [0.29, 0.717) is 6.54 Å². The van der Waals surface area contributed by atoms with Crippen molar-refractivity contribution in [2.75, 3.05) is 20.6 Å². The molecule has 14 heavy (non-hydrogen) atoms. The molecule has 0 aliphatic carbocycles. The van der Waals surface area contributed by atoms with E-state index in [4.69, 9.17) is 10.8 Å². The van der Waals surface area contributed by atoms with Gasteiger partial charge in [0.25, 0.3) is 0 Å². The van der Waals surface area contributed by atoms with Crippen LogP contribution in [-0.4, -0.2) is 25.5 Å². The quantitative estimate of drug-likeness (QED) is 0.707. The van der Waals surface area contributed by atoms with Crippen molar-refractivity contribution in [1.82, 2.24) is 10.2 Å². The third kappa shape index (κ3) is 2.91. The highest BCUT2D eigenvalue weighted by Gasteiger charge is 2.07. The highest BCUT2D eigenvalue weighted by molar-refractivity contribution is 5.16. The second-order valence-electron chi connectivity index (χ2n) is 3.28. The Bertz CT molecular complexity index is 311. The van der Waals surface area contributed by atoms with Crippen LogP contribution in [0.1, 0.15) is 11.3 Å². The molecule has 1 heterocycles. The van der Waals surface area contributed by atoms with Gasteiger partial charge >= 0.3 is 0 Å². The number of furan rings is 1. The first-order valence-electron chi connectivity index (χ1n) is 4.59. The average Bonchev–Trinajstić information content (AvgIpc) is 2.54. The molecule has 3 nitrogen and oxygen atoms in total. The third-order valence-corrected chi connectivity index (χ3v) is 1.98. The topological polar surface area (TPSA) is 28.4 Å². The maximum absolute atomic E-state index is 5.38. The summed E-state index contributed by atoms with van der Waals surface area (Å²) < 4.78 is 5.38. The number of rotatable bonds is 5. The minimum absolute atomic E-state index is 0.639. The van der Waals surface area contributed by atoms with Crippen LogP contribution in [0.25, 0.3) is 0 Å². The van der Waals surface area contributed by atoms with Crippen LogP contribution in [0, 0.1) is 12.3 Å². The summed E-state index contributed by atoms with van der Waals surface area (Å²) in [7, 11) is 3.90. The monoisotopic (exact) mass is 192 g/mol. The Morgan fingerprint density at radius 2 is 2.43 bits per heavy atom. The van der Waals surface area contributed by atoms with Gasteiger partial charge in [0.2, 0.25) is 0 Å². The number of hydrogen-bond acceptors (Lipinski definition) is 3. The standard InChI is InChI=1S/C11H16N2O/c1-4-6-13(3)9-11-10(8-12-2)5-7-14-11/h1,5,7,12H,6,8-9H2,2-3H3. The molecule has 0 radical (unpaired) electrons. The van der Waals surface area contributed by atoms with Gasteiger partial charge in [-0.1, -0.05) is 5.92 Å². The van der Waals surface area contributed by atoms with Crippen molar-refractivity contribution in [2.45, 2.75) is 13.1 Å². The van der Waals surface area contributed by atoms with Crippen LogP contribution in [0.15, 0.2) is 16.7 Å². The van der Waals surface area contributed by atoms with Gasteiger partial charge in [0.1, 0.15) is 5.76 Å². The van der Waals surface area contributed by atoms with E-state index in [1.807, 2.05) is 25.1 Å². The first-order chi connectivity index (χ1) is 6.77. The van der Waals surface area contributed by atoms with E-state index in [9.17, 15) is 0 Å². The second kappa shape index (κ2) is 5.48. The molecule has 76 valence electrons. The summed E-state index contributed by atoms with van der Waals surface area (Å²) in [4.78, 5) is 2.04. The van der Waals surface area contributed by atoms with Crippen LogP contribution in [-0.2, 0) is 13.1 Å². The second-order valence-corrected chi connectivity index (χ2v) is 3.28. The summed E-state index contributed by atoms with van der Waals surface area (Å²) in [6, 6.07) is 1.98. The van der Waals surface area contributed by atoms with Crippen molar-refractivity contribution in [3.05, 3.63) is 23.7 Å². The average molecular weight is 192 g/mol. The zero-order valence-corrected chi connectivity index (χ0v) is 8.71. The van der Waals surface area contributed by atoms with Crippen LogP contribution in [0.3, 0.4) is 0 Å². The van der Waals surface area contributed by atoms with Crippen LogP contribution in [0.2, 0.25) is 0 Å². The van der Waals surface area contributed by atoms with Gasteiger partial charge in [-0.2, -0.15) is 0 Å². The van der Waals surface area contributed by atoms with E-state index in [1.54, 1.807) is 6.26 Å². The molecule has 3 heteroatoms. The van der Waals surface area contributed by atoms with Crippen molar-refractivity contribution >= 4 is 0 Å². The number of nitrogens with zero attached hydrogens (tertiary/aromatic N) is 1. The van der Waals surface area contributed by atoms with Crippen molar-refractivity contribution in [1.29, 1.82) is 0 Å². The van der Waals surface area contributed by atoms with E-state index in [-0.39, 0.29) is 0 Å². The van der Waals surface area contributed by atoms with Crippen LogP contribution in [0.5, 0.6) is 0 Å². The Balaban J connectivity index is 2.57. The zero-order chi connectivity index (χ0) is 10.4. The summed E-state index contributed by atoms with van der Waals surface area (Å²) >= 11 is 0. The van der Waals surface area contributed by atoms with Gasteiger partial charge in [-0.15, -0.1) is 6.42 Å². The van der Waals surface area contributed by atoms with Crippen LogP contribution >= 0.6 is 0 Å². The normalized spacial score (nSPS) is 10.4. The fraction of sp³-hybridized carbons (Fsp3) is 0.455. The van der Waals surface area contributed by atoms with Crippen molar-refractivity contribution in [2.24, 2.45) is 0 Å². The minimum atomic E-state index is 0.639. The Morgan fingerprint density at radius 3 is 3.07 bits per heavy atom. The molecule has 0 aromatic carbocycles. The van der Waals surface area contributed by atoms with E-state index in [1.165, 1.54) is 5.56 Å². The van der Waals surface area contributed by atoms with Gasteiger partial charge in [0.15, 0.2) is 0 Å². The fourth-order valence-electron chi connectivity index (χ4n) is 1.31. The Hall–Kier alpha value is -1.24. The summed E-state index contributed by atoms with van der Waals surface area (Å²) in [5.74, 6) is 3.58. The molecular formula is C11H16N2O. The molecule has 0 atom stereocenters. The van der Waals surface area contributed by atoms with E-state index >= 15 is 0 Å². The van der Waals surface area contributed by atoms with Gasteiger partial charge in [0.05, 0.1) is 19.4 Å². The largest absolute Gasteiger partial charge is 0.468 e. The molecule has 0 amide bonds. The maximum atomic E-state index is 5.38. The van der Waals surface area contributed by atoms with Crippen molar-refractivity contribution in [3.8, 4) is 12.3 Å². The van der Waals surface area contributed by atoms with E-state index in [2.05, 4.69) is 11.2 Å². The van der Waals surface area contributed by atoms with E-state index in [0.717, 1.165) is 18.8 Å². The van der Waals surface area contributed by atoms with Gasteiger partial charge < -0.3 is 9.73 Å². The molecule has 0 saturated carbocycles. The molecule has 0 aliphatic rings. The first-order valence-corrected chi connectivity index (χ1v) is 4.59. The van der Waals surface area contributed by atoms with Gasteiger partial charge in [-0.25, -0.2) is 0 Å². The molecule has 1 rings (SSSR count). The molecule has 1 aromatic heterocycles. The molecular weight excluding hydrogens is 176 g/mol. The number of hydrogen-bond donors (Lipinski definition) is 1. The van der Waals surface area contributed by atoms with Crippen LogP contribution in [0.4, 0.5) is 0 Å². The lowest BCUT2D eigenvalue weighted by Crippen LogP contribution is -2.19. The number of terminal acetylenes is 1. The lowest BCUT2D eigenvalue weighted by molar-refractivity contribution is 0.324. The molecule has 0 bridgehead atoms. The maximum Gasteiger partial charge on any atom is 0.122 e. The van der Waals surface area contributed by atoms with E-state index < -0.39 is 0 Å². The summed E-state index contributed by atoms with van der Waals surface area (Å²) in [6.45, 7) is 2.23. The zero-order valence-electron chi connectivity index (χ0n) is 8.71. The molecule has 0 fully saturated rings. The van der Waals surface area contributed by atoms with Crippen molar-refractivity contribution in [3.63, 3.8) is 0 Å². The van der Waals surface area contributed by atoms with Gasteiger partial charge in [-0.3, -0.25) is 4.90 Å². The smallest absolute Gasteiger partial charge is 0.122 e. The Kier molecular flexibility index (Phi) is 4.24. The lowest BCUT2D eigenvalue weighted by atomic mass is 10.2. The minimum Gasteiger partial charge on any atom is -0.468 e. The summed E-state index contributed by atoms with van der Waals surface area (Å²) in [5, 5.41) is 3.10. The highest BCUT2D eigenvalue weighted by Crippen LogP contribution is 2.12. The highest BCUT2D eigenvalue weighted by atomic mass is 16.3. The molecule has 0 saturated heterocycles. The molecule has 1 N–H and O–H groups in total. The Morgan fingerprint density at radius 1 is 1.64 bits per heavy atom. The van der Waals surface area contributed by atoms with Gasteiger partial charge in [-0.05, 0) is 20.2 Å². The first kappa shape index (κ1) is 10.8. The number of nitrogens with one attached hydrogen (secondary N) is 1. The molecule has 0 unspecified atom stereocenters.